The third kappa shape index (κ3) is 3.64. The maximum Gasteiger partial charge on any atom is 0.280 e. The van der Waals surface area contributed by atoms with E-state index in [1.807, 2.05) is 0 Å². The van der Waals surface area contributed by atoms with Gasteiger partial charge in [0.1, 0.15) is 12.2 Å². The number of imidazole rings is 1. The number of hydrogen-bond donors (Lipinski definition) is 5. The van der Waals surface area contributed by atoms with Crippen molar-refractivity contribution in [2.24, 2.45) is 11.7 Å². The topological polar surface area (TPSA) is 178 Å². The number of nitrogens with zero attached hydrogens (tertiary/aromatic N) is 3. The Kier molecular flexibility index (Phi) is 5.83. The lowest BCUT2D eigenvalue weighted by Gasteiger charge is -2.40. The van der Waals surface area contributed by atoms with E-state index >= 15 is 0 Å². The number of carbonyl (C=O) groups excluding carboxylic acids is 1. The Balaban J connectivity index is 1.79. The zero-order valence-corrected chi connectivity index (χ0v) is 17.4. The molecular weight excluding hydrogens is 408 g/mol. The summed E-state index contributed by atoms with van der Waals surface area (Å²) in [5.41, 5.74) is 3.46. The number of ether oxygens (including phenoxy) is 2. The molecular formula is C19H28N6O6. The number of hydrogen-bond acceptors (Lipinski definition) is 9. The van der Waals surface area contributed by atoms with Crippen LogP contribution >= 0.6 is 0 Å². The number of nitrogens with one attached hydrogen (secondary N) is 2. The van der Waals surface area contributed by atoms with E-state index < -0.39 is 35.7 Å². The fourth-order valence-electron chi connectivity index (χ4n) is 4.14. The number of aromatic amines is 1. The number of H-pyrrole nitrogens is 1. The minimum Gasteiger partial charge on any atom is -0.387 e. The van der Waals surface area contributed by atoms with Crippen LogP contribution in [0.4, 0.5) is 5.95 Å². The molecule has 0 bridgehead atoms. The van der Waals surface area contributed by atoms with Gasteiger partial charge in [0.25, 0.3) is 5.56 Å². The number of fused-ring (bicyclic) bond motifs is 1. The van der Waals surface area contributed by atoms with Crippen LogP contribution in [0, 0.1) is 5.92 Å². The molecule has 6 N–H and O–H groups in total. The number of rotatable bonds is 5. The first kappa shape index (κ1) is 21.8. The summed E-state index contributed by atoms with van der Waals surface area (Å²) in [6.45, 7) is 3.85. The SMILES string of the molecule is CC(C)C(=O)Nc1nc2c(ncn2[C@@H]2O[C@H](CN)[C@@H](O)[C@]2(O)C2CCCCO2)c(=O)[nH]1. The molecule has 1 unspecified atom stereocenters. The fraction of sp³-hybridized carbons (Fsp3) is 0.684. The maximum absolute atomic E-state index is 12.5. The Bertz CT molecular complexity index is 1010. The van der Waals surface area contributed by atoms with Crippen LogP contribution < -0.4 is 16.6 Å². The van der Waals surface area contributed by atoms with Crippen LogP contribution in [0.15, 0.2) is 11.1 Å². The molecule has 170 valence electrons. The number of nitrogens with two attached hydrogens (primary N) is 1. The van der Waals surface area contributed by atoms with Gasteiger partial charge < -0.3 is 25.4 Å². The number of carbonyl (C=O) groups is 1. The molecule has 2 fully saturated rings. The van der Waals surface area contributed by atoms with Crippen molar-refractivity contribution in [1.82, 2.24) is 19.5 Å². The monoisotopic (exact) mass is 436 g/mol. The standard InChI is InChI=1S/C19H28N6O6/c1-9(2)15(27)23-18-22-14-12(16(28)24-18)21-8-25(14)17-19(29,11-5-3-4-6-30-11)13(26)10(7-20)31-17/h8-11,13,17,26,29H,3-7,20H2,1-2H3,(H2,22,23,24,27,28)/t10-,11?,13-,17-,19-/m1/s1. The normalized spacial score (nSPS) is 31.4. The highest BCUT2D eigenvalue weighted by Gasteiger charge is 2.61. The summed E-state index contributed by atoms with van der Waals surface area (Å²) in [5, 5.41) is 25.1. The Morgan fingerprint density at radius 1 is 1.48 bits per heavy atom. The average Bonchev–Trinajstić information content (AvgIpc) is 3.28. The van der Waals surface area contributed by atoms with Gasteiger partial charge in [-0.15, -0.1) is 0 Å². The van der Waals surface area contributed by atoms with Crippen molar-refractivity contribution in [3.8, 4) is 0 Å². The molecule has 31 heavy (non-hydrogen) atoms. The van der Waals surface area contributed by atoms with E-state index in [1.165, 1.54) is 10.9 Å². The van der Waals surface area contributed by atoms with E-state index in [1.54, 1.807) is 13.8 Å². The summed E-state index contributed by atoms with van der Waals surface area (Å²) in [6, 6.07) is 0. The second-order valence-electron chi connectivity index (χ2n) is 8.33. The van der Waals surface area contributed by atoms with Crippen molar-refractivity contribution >= 4 is 23.0 Å². The van der Waals surface area contributed by atoms with E-state index in [0.717, 1.165) is 12.8 Å². The third-order valence-electron chi connectivity index (χ3n) is 5.90. The zero-order valence-electron chi connectivity index (χ0n) is 17.4. The second kappa shape index (κ2) is 8.28. The lowest BCUT2D eigenvalue weighted by molar-refractivity contribution is -0.197. The van der Waals surface area contributed by atoms with Crippen molar-refractivity contribution in [2.75, 3.05) is 18.5 Å². The molecule has 12 nitrogen and oxygen atoms in total. The second-order valence-corrected chi connectivity index (χ2v) is 8.33. The number of aromatic nitrogens is 4. The third-order valence-corrected chi connectivity index (χ3v) is 5.90. The molecule has 0 aromatic carbocycles. The van der Waals surface area contributed by atoms with E-state index in [9.17, 15) is 19.8 Å². The molecule has 2 aliphatic heterocycles. The molecule has 5 atom stereocenters. The average molecular weight is 436 g/mol. The van der Waals surface area contributed by atoms with Gasteiger partial charge in [0.05, 0.1) is 12.4 Å². The van der Waals surface area contributed by atoms with E-state index in [-0.39, 0.29) is 35.5 Å². The largest absolute Gasteiger partial charge is 0.387 e. The van der Waals surface area contributed by atoms with Crippen molar-refractivity contribution in [2.45, 2.75) is 63.3 Å². The van der Waals surface area contributed by atoms with Gasteiger partial charge in [0, 0.05) is 19.1 Å². The van der Waals surface area contributed by atoms with E-state index in [4.69, 9.17) is 15.2 Å². The summed E-state index contributed by atoms with van der Waals surface area (Å²) < 4.78 is 13.1. The van der Waals surface area contributed by atoms with Gasteiger partial charge in [-0.25, -0.2) is 4.98 Å². The Morgan fingerprint density at radius 2 is 2.26 bits per heavy atom. The van der Waals surface area contributed by atoms with Crippen molar-refractivity contribution < 1.29 is 24.5 Å². The van der Waals surface area contributed by atoms with Crippen LogP contribution in [-0.4, -0.2) is 72.7 Å². The van der Waals surface area contributed by atoms with Gasteiger partial charge in [-0.2, -0.15) is 4.98 Å². The minimum absolute atomic E-state index is 0.00347. The summed E-state index contributed by atoms with van der Waals surface area (Å²) >= 11 is 0. The Labute approximate surface area is 177 Å². The molecule has 2 aliphatic rings. The fourth-order valence-corrected chi connectivity index (χ4v) is 4.14. The van der Waals surface area contributed by atoms with Crippen LogP contribution in [0.2, 0.25) is 0 Å². The summed E-state index contributed by atoms with van der Waals surface area (Å²) in [7, 11) is 0. The van der Waals surface area contributed by atoms with Gasteiger partial charge in [-0.3, -0.25) is 24.5 Å². The molecule has 2 aromatic heterocycles. The number of amides is 1. The highest BCUT2D eigenvalue weighted by Crippen LogP contribution is 2.44. The first-order valence-corrected chi connectivity index (χ1v) is 10.4. The first-order chi connectivity index (χ1) is 14.8. The summed E-state index contributed by atoms with van der Waals surface area (Å²) in [6.07, 6.45) is -0.479. The molecule has 4 heterocycles. The highest BCUT2D eigenvalue weighted by molar-refractivity contribution is 5.91. The quantitative estimate of drug-likeness (QED) is 0.402. The maximum atomic E-state index is 12.5. The van der Waals surface area contributed by atoms with E-state index in [2.05, 4.69) is 20.3 Å². The van der Waals surface area contributed by atoms with Gasteiger partial charge in [-0.05, 0) is 19.3 Å². The Morgan fingerprint density at radius 3 is 2.90 bits per heavy atom. The Hall–Kier alpha value is -2.38. The molecule has 1 amide bonds. The van der Waals surface area contributed by atoms with Gasteiger partial charge in [0.2, 0.25) is 11.9 Å². The van der Waals surface area contributed by atoms with E-state index in [0.29, 0.717) is 13.0 Å². The highest BCUT2D eigenvalue weighted by atomic mass is 16.6. The minimum atomic E-state index is -1.83. The molecule has 0 aliphatic carbocycles. The predicted molar refractivity (Wildman–Crippen MR) is 109 cm³/mol. The zero-order chi connectivity index (χ0) is 22.3. The van der Waals surface area contributed by atoms with Crippen molar-refractivity contribution in [3.05, 3.63) is 16.7 Å². The molecule has 0 spiro atoms. The number of aliphatic hydroxyl groups excluding tert-OH is 1. The molecule has 0 radical (unpaired) electrons. The summed E-state index contributed by atoms with van der Waals surface area (Å²) in [4.78, 5) is 35.5. The molecule has 2 aromatic rings. The summed E-state index contributed by atoms with van der Waals surface area (Å²) in [5.74, 6) is -0.696. The number of anilines is 1. The van der Waals surface area contributed by atoms with Gasteiger partial charge in [0.15, 0.2) is 23.0 Å². The van der Waals surface area contributed by atoms with Crippen LogP contribution in [0.1, 0.15) is 39.3 Å². The molecule has 2 saturated heterocycles. The van der Waals surface area contributed by atoms with Crippen molar-refractivity contribution in [3.63, 3.8) is 0 Å². The number of aliphatic hydroxyl groups is 2. The smallest absolute Gasteiger partial charge is 0.280 e. The van der Waals surface area contributed by atoms with Gasteiger partial charge in [-0.1, -0.05) is 13.8 Å². The molecule has 12 heteroatoms. The van der Waals surface area contributed by atoms with Crippen molar-refractivity contribution in [1.29, 1.82) is 0 Å². The predicted octanol–water partition coefficient (Wildman–Crippen LogP) is -0.769. The molecule has 0 saturated carbocycles. The van der Waals surface area contributed by atoms with Gasteiger partial charge >= 0.3 is 0 Å². The molecule has 4 rings (SSSR count). The van der Waals surface area contributed by atoms with Crippen LogP contribution in [-0.2, 0) is 14.3 Å². The lowest BCUT2D eigenvalue weighted by Crippen LogP contribution is -2.57. The lowest BCUT2D eigenvalue weighted by atomic mass is 9.84. The van der Waals surface area contributed by atoms with Crippen LogP contribution in [0.3, 0.4) is 0 Å². The first-order valence-electron chi connectivity index (χ1n) is 10.4. The van der Waals surface area contributed by atoms with Crippen LogP contribution in [0.25, 0.3) is 11.2 Å². The van der Waals surface area contributed by atoms with Crippen LogP contribution in [0.5, 0.6) is 0 Å².